The van der Waals surface area contributed by atoms with Crippen LogP contribution in [-0.4, -0.2) is 4.98 Å². The van der Waals surface area contributed by atoms with E-state index in [4.69, 9.17) is 23.2 Å². The third kappa shape index (κ3) is 6.21. The Morgan fingerprint density at radius 1 is 0.848 bits per heavy atom. The van der Waals surface area contributed by atoms with Gasteiger partial charge in [0.25, 0.3) is 0 Å². The summed E-state index contributed by atoms with van der Waals surface area (Å²) in [5, 5.41) is 5.93. The minimum Gasteiger partial charge on any atom is -0.306 e. The lowest BCUT2D eigenvalue weighted by Gasteiger charge is -2.13. The van der Waals surface area contributed by atoms with Crippen molar-refractivity contribution in [3.8, 4) is 11.3 Å². The molecule has 0 fully saturated rings. The highest BCUT2D eigenvalue weighted by Gasteiger charge is 2.21. The van der Waals surface area contributed by atoms with E-state index in [1.165, 1.54) is 35.1 Å². The third-order valence-electron chi connectivity index (χ3n) is 4.62. The quantitative estimate of drug-likeness (QED) is 0.250. The smallest absolute Gasteiger partial charge is 0.217 e. The molecule has 0 spiro atoms. The highest BCUT2D eigenvalue weighted by molar-refractivity contribution is 7.72. The Balaban J connectivity index is 1.70. The van der Waals surface area contributed by atoms with Crippen molar-refractivity contribution in [1.29, 1.82) is 0 Å². The summed E-state index contributed by atoms with van der Waals surface area (Å²) in [5.41, 5.74) is 2.87. The molecule has 3 nitrogen and oxygen atoms in total. The first-order valence-electron chi connectivity index (χ1n) is 9.89. The molecule has 0 aliphatic heterocycles. The lowest BCUT2D eigenvalue weighted by Crippen LogP contribution is -1.94. The van der Waals surface area contributed by atoms with Gasteiger partial charge < -0.3 is 5.09 Å². The van der Waals surface area contributed by atoms with Gasteiger partial charge in [0.05, 0.1) is 15.8 Å². The molecule has 1 heterocycles. The van der Waals surface area contributed by atoms with Crippen LogP contribution >= 0.6 is 41.8 Å². The number of nitrogens with one attached hydrogen (secondary N) is 1. The van der Waals surface area contributed by atoms with E-state index in [0.29, 0.717) is 20.9 Å². The zero-order chi connectivity index (χ0) is 23.3. The molecule has 0 aliphatic rings. The van der Waals surface area contributed by atoms with E-state index in [9.17, 15) is 8.96 Å². The van der Waals surface area contributed by atoms with Crippen LogP contribution in [0, 0.1) is 5.82 Å². The summed E-state index contributed by atoms with van der Waals surface area (Å²) in [6.07, 6.45) is 0. The third-order valence-corrected chi connectivity index (χ3v) is 8.34. The molecule has 166 valence electrons. The number of halogens is 3. The second kappa shape index (κ2) is 10.5. The Hall–Kier alpha value is -2.69. The van der Waals surface area contributed by atoms with Crippen LogP contribution in [0.1, 0.15) is 11.1 Å². The second-order valence-corrected chi connectivity index (χ2v) is 10.9. The Bertz CT molecular complexity index is 1280. The summed E-state index contributed by atoms with van der Waals surface area (Å²) in [6.45, 7) is 0. The summed E-state index contributed by atoms with van der Waals surface area (Å²) < 4.78 is 27.3. The predicted molar refractivity (Wildman–Crippen MR) is 139 cm³/mol. The maximum atomic E-state index is 14.0. The lowest BCUT2D eigenvalue weighted by atomic mass is 10.2. The molecule has 3 aromatic carbocycles. The van der Waals surface area contributed by atoms with Crippen LogP contribution in [0.3, 0.4) is 0 Å². The van der Waals surface area contributed by atoms with Crippen molar-refractivity contribution < 1.29 is 8.96 Å². The maximum Gasteiger partial charge on any atom is 0.217 e. The Kier molecular flexibility index (Phi) is 7.46. The zero-order valence-electron chi connectivity index (χ0n) is 17.2. The van der Waals surface area contributed by atoms with E-state index < -0.39 is 7.29 Å². The molecule has 8 heteroatoms. The van der Waals surface area contributed by atoms with Gasteiger partial charge >= 0.3 is 0 Å². The molecule has 0 amide bonds. The largest absolute Gasteiger partial charge is 0.306 e. The van der Waals surface area contributed by atoms with Gasteiger partial charge in [-0.05, 0) is 35.4 Å². The van der Waals surface area contributed by atoms with Gasteiger partial charge in [-0.15, -0.1) is 11.3 Å². The van der Waals surface area contributed by atoms with Gasteiger partial charge in [-0.1, -0.05) is 83.9 Å². The molecule has 1 aromatic heterocycles. The number of hydrogen-bond acceptors (Lipinski definition) is 3. The van der Waals surface area contributed by atoms with E-state index >= 15 is 0 Å². The summed E-state index contributed by atoms with van der Waals surface area (Å²) in [6, 6.07) is 24.5. The first kappa shape index (κ1) is 23.5. The van der Waals surface area contributed by atoms with Crippen molar-refractivity contribution >= 4 is 57.0 Å². The second-order valence-electron chi connectivity index (χ2n) is 7.05. The highest BCUT2D eigenvalue weighted by atomic mass is 35.5. The first-order valence-corrected chi connectivity index (χ1v) is 13.4. The minimum absolute atomic E-state index is 0.321. The number of rotatable bonds is 7. The standard InChI is InChI=1S/C25H18Cl2FN2OPS/c26-22(18-7-3-1-4-8-18)15-32(31,16-23(27)19-9-5-2-6-10-19)30-25-29-24(17-33-25)20-11-13-21(28)14-12-20/h1-17H,(H,29,30,31)/b22-15-,23-16+. The average Bonchev–Trinajstić information content (AvgIpc) is 3.28. The topological polar surface area (TPSA) is 42.0 Å². The summed E-state index contributed by atoms with van der Waals surface area (Å²) in [5.74, 6) is 2.64. The maximum absolute atomic E-state index is 14.0. The lowest BCUT2D eigenvalue weighted by molar-refractivity contribution is 0.589. The molecule has 0 aliphatic carbocycles. The number of hydrogen-bond donors (Lipinski definition) is 1. The van der Waals surface area contributed by atoms with Crippen LogP contribution in [0.2, 0.25) is 0 Å². The van der Waals surface area contributed by atoms with Crippen LogP contribution in [-0.2, 0) is 4.57 Å². The monoisotopic (exact) mass is 514 g/mol. The van der Waals surface area contributed by atoms with Crippen LogP contribution in [0.5, 0.6) is 0 Å². The molecule has 1 unspecified atom stereocenters. The van der Waals surface area contributed by atoms with Gasteiger partial charge in [-0.25, -0.2) is 9.37 Å². The molecule has 4 aromatic rings. The molecule has 4 rings (SSSR count). The van der Waals surface area contributed by atoms with Crippen molar-refractivity contribution in [3.63, 3.8) is 0 Å². The SMILES string of the molecule is O=P(/C=C(\Cl)c1ccccc1)(/C=C(/Cl)c1ccccc1)Nc1nc(-c2ccc(F)cc2)cs1. The molecule has 0 saturated carbocycles. The van der Waals surface area contributed by atoms with Gasteiger partial charge in [0.2, 0.25) is 7.29 Å². The number of anilines is 1. The Labute approximate surface area is 205 Å². The van der Waals surface area contributed by atoms with Crippen molar-refractivity contribution in [1.82, 2.24) is 4.98 Å². The predicted octanol–water partition coefficient (Wildman–Crippen LogP) is 9.11. The van der Waals surface area contributed by atoms with Gasteiger partial charge in [0.1, 0.15) is 5.82 Å². The average molecular weight is 515 g/mol. The zero-order valence-corrected chi connectivity index (χ0v) is 20.4. The molecule has 0 saturated heterocycles. The van der Waals surface area contributed by atoms with E-state index in [0.717, 1.165) is 16.7 Å². The Morgan fingerprint density at radius 2 is 1.36 bits per heavy atom. The minimum atomic E-state index is -3.42. The first-order chi connectivity index (χ1) is 15.9. The van der Waals surface area contributed by atoms with Crippen LogP contribution in [0.25, 0.3) is 21.3 Å². The molecule has 1 atom stereocenters. The molecular weight excluding hydrogens is 497 g/mol. The molecular formula is C25H18Cl2FN2OPS. The Morgan fingerprint density at radius 3 is 1.88 bits per heavy atom. The number of aromatic nitrogens is 1. The van der Waals surface area contributed by atoms with E-state index in [2.05, 4.69) is 10.1 Å². The van der Waals surface area contributed by atoms with Gasteiger partial charge in [-0.2, -0.15) is 0 Å². The number of thiazole rings is 1. The normalized spacial score (nSPS) is 14.0. The van der Waals surface area contributed by atoms with Crippen molar-refractivity contribution in [2.24, 2.45) is 0 Å². The van der Waals surface area contributed by atoms with Crippen LogP contribution < -0.4 is 5.09 Å². The molecule has 33 heavy (non-hydrogen) atoms. The molecule has 0 bridgehead atoms. The summed E-state index contributed by atoms with van der Waals surface area (Å²) in [4.78, 5) is 4.52. The van der Waals surface area contributed by atoms with Crippen molar-refractivity contribution in [2.75, 3.05) is 5.09 Å². The van der Waals surface area contributed by atoms with E-state index in [1.807, 2.05) is 66.0 Å². The van der Waals surface area contributed by atoms with Crippen LogP contribution in [0.4, 0.5) is 9.52 Å². The molecule has 1 N–H and O–H groups in total. The number of benzene rings is 3. The van der Waals surface area contributed by atoms with Crippen molar-refractivity contribution in [3.05, 3.63) is 119 Å². The van der Waals surface area contributed by atoms with Gasteiger partial charge in [0.15, 0.2) is 5.13 Å². The fourth-order valence-corrected chi connectivity index (χ4v) is 6.86. The van der Waals surface area contributed by atoms with Crippen LogP contribution in [0.15, 0.2) is 102 Å². The highest BCUT2D eigenvalue weighted by Crippen LogP contribution is 2.54. The number of nitrogens with zero attached hydrogens (tertiary/aromatic N) is 1. The van der Waals surface area contributed by atoms with Gasteiger partial charge in [-0.3, -0.25) is 4.57 Å². The fraction of sp³-hybridized carbons (Fsp3) is 0. The van der Waals surface area contributed by atoms with E-state index in [1.54, 1.807) is 12.1 Å². The summed E-state index contributed by atoms with van der Waals surface area (Å²) >= 11 is 14.3. The van der Waals surface area contributed by atoms with E-state index in [-0.39, 0.29) is 5.82 Å². The van der Waals surface area contributed by atoms with Crippen molar-refractivity contribution in [2.45, 2.75) is 0 Å². The molecule has 0 radical (unpaired) electrons. The summed E-state index contributed by atoms with van der Waals surface area (Å²) in [7, 11) is -3.42. The fourth-order valence-electron chi connectivity index (χ4n) is 3.01. The van der Waals surface area contributed by atoms with Gasteiger partial charge in [0, 0.05) is 22.6 Å².